The third-order valence-corrected chi connectivity index (χ3v) is 9.81. The number of para-hydroxylation sites is 2. The minimum Gasteiger partial charge on any atom is -1.00 e. The van der Waals surface area contributed by atoms with Gasteiger partial charge >= 0.3 is 0 Å². The number of allylic oxidation sites excluding steroid dienone is 8. The molecule has 0 aliphatic heterocycles. The molecule has 0 unspecified atom stereocenters. The van der Waals surface area contributed by atoms with Gasteiger partial charge in [-0.2, -0.15) is 22.3 Å². The second kappa shape index (κ2) is 23.9. The number of phenolic OH excluding ortho intramolecular Hbond substituents is 2. The van der Waals surface area contributed by atoms with E-state index in [9.17, 15) is 10.2 Å². The molecule has 0 amide bonds. The summed E-state index contributed by atoms with van der Waals surface area (Å²) in [7, 11) is 0. The topological polar surface area (TPSA) is 40.5 Å². The van der Waals surface area contributed by atoms with Crippen LogP contribution in [0.5, 0.6) is 11.5 Å². The summed E-state index contributed by atoms with van der Waals surface area (Å²) in [5.41, 5.74) is 13.0. The van der Waals surface area contributed by atoms with Gasteiger partial charge < -0.3 is 35.0 Å². The summed E-state index contributed by atoms with van der Waals surface area (Å²) >= 11 is 0. The first-order valence-corrected chi connectivity index (χ1v) is 17.2. The van der Waals surface area contributed by atoms with Crippen molar-refractivity contribution in [2.45, 2.75) is 148 Å². The maximum atomic E-state index is 9.93. The Balaban J connectivity index is -0.000000277. The van der Waals surface area contributed by atoms with Gasteiger partial charge in [0.25, 0.3) is 0 Å². The van der Waals surface area contributed by atoms with Crippen LogP contribution in [0.15, 0.2) is 69.8 Å². The molecule has 2 N–H and O–H groups in total. The molecule has 6 heteroatoms. The fourth-order valence-electron chi connectivity index (χ4n) is 5.84. The molecule has 0 spiro atoms. The minimum absolute atomic E-state index is 0. The van der Waals surface area contributed by atoms with Crippen LogP contribution in [-0.4, -0.2) is 10.2 Å². The molecular formula is C44H66Cl2O2Zr2-4. The largest absolute Gasteiger partial charge is 1.00 e. The van der Waals surface area contributed by atoms with Crippen molar-refractivity contribution in [1.29, 1.82) is 0 Å². The molecule has 0 fully saturated rings. The molecule has 2 aliphatic rings. The van der Waals surface area contributed by atoms with Crippen LogP contribution in [0.1, 0.15) is 171 Å². The monoisotopic (exact) mass is 876 g/mol. The number of halogens is 2. The van der Waals surface area contributed by atoms with Crippen LogP contribution >= 0.6 is 0 Å². The van der Waals surface area contributed by atoms with Crippen molar-refractivity contribution in [3.63, 3.8) is 0 Å². The van der Waals surface area contributed by atoms with E-state index in [-0.39, 0.29) is 88.1 Å². The molecule has 4 rings (SSSR count). The molecule has 50 heavy (non-hydrogen) atoms. The van der Waals surface area contributed by atoms with Gasteiger partial charge in [0, 0.05) is 52.4 Å². The van der Waals surface area contributed by atoms with E-state index in [1.807, 2.05) is 36.4 Å². The van der Waals surface area contributed by atoms with Gasteiger partial charge in [0.05, 0.1) is 0 Å². The Kier molecular flexibility index (Phi) is 26.8. The fraction of sp³-hybridized carbons (Fsp3) is 0.545. The smallest absolute Gasteiger partial charge is 0.122 e. The molecule has 2 aliphatic carbocycles. The molecule has 2 nitrogen and oxygen atoms in total. The summed E-state index contributed by atoms with van der Waals surface area (Å²) in [4.78, 5) is 0. The van der Waals surface area contributed by atoms with Gasteiger partial charge in [0.15, 0.2) is 0 Å². The molecule has 0 aromatic heterocycles. The van der Waals surface area contributed by atoms with Crippen LogP contribution in [0, 0.1) is 23.0 Å². The van der Waals surface area contributed by atoms with Crippen molar-refractivity contribution in [2.24, 2.45) is 10.8 Å². The molecule has 0 bridgehead atoms. The summed E-state index contributed by atoms with van der Waals surface area (Å²) in [6.45, 7) is 38.6. The minimum atomic E-state index is 0. The average molecular weight is 880 g/mol. The molecule has 0 atom stereocenters. The predicted molar refractivity (Wildman–Crippen MR) is 202 cm³/mol. The number of benzene rings is 2. The van der Waals surface area contributed by atoms with Gasteiger partial charge in [-0.05, 0) is 45.9 Å². The molecular weight excluding hydrogens is 814 g/mol. The summed E-state index contributed by atoms with van der Waals surface area (Å²) in [5, 5.41) is 19.9. The van der Waals surface area contributed by atoms with Crippen molar-refractivity contribution in [1.82, 2.24) is 0 Å². The number of rotatable bonds is 4. The van der Waals surface area contributed by atoms with Gasteiger partial charge in [-0.3, -0.25) is 12.2 Å². The predicted octanol–water partition coefficient (Wildman–Crippen LogP) is 7.51. The number of phenols is 2. The molecule has 0 saturated heterocycles. The van der Waals surface area contributed by atoms with Crippen LogP contribution in [0.25, 0.3) is 0 Å². The van der Waals surface area contributed by atoms with E-state index in [1.165, 1.54) is 33.4 Å². The van der Waals surface area contributed by atoms with Gasteiger partial charge in [0.1, 0.15) is 11.5 Å². The Labute approximate surface area is 359 Å². The second-order valence-corrected chi connectivity index (χ2v) is 15.4. The SMILES string of the molecule is CC(C)c1cccc(C(C)C)c1O.CC(C)c1cccc(C(C)C)c1O.CC1=[C-]C(C)(C)C(C)=C1C.CC1=[C-]C(C)(C)C(C)=C1C.[Cl-].[Cl-].[Zr].[Zr]. The van der Waals surface area contributed by atoms with Crippen LogP contribution in [0.2, 0.25) is 0 Å². The molecule has 2 aromatic rings. The van der Waals surface area contributed by atoms with E-state index in [0.717, 1.165) is 22.3 Å². The van der Waals surface area contributed by atoms with Crippen LogP contribution in [0.3, 0.4) is 0 Å². The summed E-state index contributed by atoms with van der Waals surface area (Å²) < 4.78 is 0. The van der Waals surface area contributed by atoms with Gasteiger partial charge in [-0.15, -0.1) is 13.8 Å². The second-order valence-electron chi connectivity index (χ2n) is 15.4. The molecule has 0 saturated carbocycles. The molecule has 0 radical (unpaired) electrons. The van der Waals surface area contributed by atoms with E-state index in [2.05, 4.69) is 137 Å². The molecule has 280 valence electrons. The fourth-order valence-corrected chi connectivity index (χ4v) is 5.84. The maximum Gasteiger partial charge on any atom is 0.122 e. The van der Waals surface area contributed by atoms with E-state index < -0.39 is 0 Å². The van der Waals surface area contributed by atoms with Gasteiger partial charge in [-0.1, -0.05) is 158 Å². The summed E-state index contributed by atoms with van der Waals surface area (Å²) in [6.07, 6.45) is 6.87. The third kappa shape index (κ3) is 15.4. The van der Waals surface area contributed by atoms with E-state index in [4.69, 9.17) is 0 Å². The third-order valence-electron chi connectivity index (χ3n) is 9.81. The zero-order valence-corrected chi connectivity index (χ0v) is 40.9. The van der Waals surface area contributed by atoms with E-state index in [0.29, 0.717) is 35.2 Å². The Morgan fingerprint density at radius 1 is 0.460 bits per heavy atom. The van der Waals surface area contributed by atoms with Gasteiger partial charge in [0.2, 0.25) is 0 Å². The van der Waals surface area contributed by atoms with Crippen molar-refractivity contribution < 1.29 is 87.4 Å². The summed E-state index contributed by atoms with van der Waals surface area (Å²) in [5.74, 6) is 2.51. The first-order chi connectivity index (χ1) is 21.0. The van der Waals surface area contributed by atoms with Crippen LogP contribution in [0.4, 0.5) is 0 Å². The number of hydrogen-bond donors (Lipinski definition) is 2. The zero-order chi connectivity index (χ0) is 35.9. The standard InChI is InChI=1S/2C12H18O.2C10H15.2ClH.2Zr/c2*1-8(2)10-6-5-7-11(9(3)4)12(10)13;2*1-7-6-10(4,5)9(3)8(7)2;;;;/h2*5-9,13H,1-4H3;2*1-5H3;2*1H;;/q;;2*-1;;;;/p-2. The number of aromatic hydroxyl groups is 2. The van der Waals surface area contributed by atoms with Gasteiger partial charge in [-0.25, -0.2) is 11.1 Å². The first-order valence-electron chi connectivity index (χ1n) is 17.2. The van der Waals surface area contributed by atoms with Crippen LogP contribution in [-0.2, 0) is 52.4 Å². The molecule has 2 aromatic carbocycles. The van der Waals surface area contributed by atoms with E-state index in [1.54, 1.807) is 0 Å². The first kappa shape index (κ1) is 56.1. The summed E-state index contributed by atoms with van der Waals surface area (Å²) in [6, 6.07) is 12.0. The van der Waals surface area contributed by atoms with Crippen molar-refractivity contribution in [3.05, 3.63) is 104 Å². The Bertz CT molecular complexity index is 1310. The Hall–Kier alpha value is -0.654. The van der Waals surface area contributed by atoms with E-state index >= 15 is 0 Å². The maximum absolute atomic E-state index is 9.93. The normalized spacial score (nSPS) is 15.2. The van der Waals surface area contributed by atoms with Crippen molar-refractivity contribution >= 4 is 0 Å². The van der Waals surface area contributed by atoms with Crippen molar-refractivity contribution in [3.8, 4) is 11.5 Å². The van der Waals surface area contributed by atoms with Crippen LogP contribution < -0.4 is 24.8 Å². The zero-order valence-electron chi connectivity index (χ0n) is 34.4. The number of hydrogen-bond acceptors (Lipinski definition) is 2. The quantitative estimate of drug-likeness (QED) is 0.313. The Morgan fingerprint density at radius 3 is 0.760 bits per heavy atom. The average Bonchev–Trinajstić information content (AvgIpc) is 3.24. The Morgan fingerprint density at radius 2 is 0.660 bits per heavy atom. The van der Waals surface area contributed by atoms with Crippen molar-refractivity contribution in [2.75, 3.05) is 0 Å². The molecule has 0 heterocycles.